The molecule has 0 unspecified atom stereocenters. The Bertz CT molecular complexity index is 911. The molecule has 1 fully saturated rings. The average Bonchev–Trinajstić information content (AvgIpc) is 2.71. The van der Waals surface area contributed by atoms with E-state index in [9.17, 15) is 13.2 Å². The van der Waals surface area contributed by atoms with Crippen LogP contribution >= 0.6 is 11.8 Å². The van der Waals surface area contributed by atoms with Crippen molar-refractivity contribution in [1.82, 2.24) is 4.90 Å². The molecule has 1 aliphatic rings. The van der Waals surface area contributed by atoms with Crippen LogP contribution < -0.4 is 9.21 Å². The Labute approximate surface area is 171 Å². The summed E-state index contributed by atoms with van der Waals surface area (Å²) in [5.41, 5.74) is 1.66. The van der Waals surface area contributed by atoms with E-state index in [1.165, 1.54) is 16.1 Å². The van der Waals surface area contributed by atoms with Crippen LogP contribution in [-0.4, -0.2) is 64.5 Å². The fourth-order valence-corrected chi connectivity index (χ4v) is 4.54. The number of carbonyl (C=O) groups is 1. The zero-order valence-electron chi connectivity index (χ0n) is 16.1. The minimum atomic E-state index is -3.56. The summed E-state index contributed by atoms with van der Waals surface area (Å²) in [5, 5.41) is 0. The molecule has 1 saturated heterocycles. The van der Waals surface area contributed by atoms with E-state index in [-0.39, 0.29) is 12.5 Å². The zero-order chi connectivity index (χ0) is 20.1. The Kier molecular flexibility index (Phi) is 6.51. The van der Waals surface area contributed by atoms with Gasteiger partial charge in [0.2, 0.25) is 15.9 Å². The number of nitrogens with zero attached hydrogens (tertiary/aromatic N) is 3. The first-order chi connectivity index (χ1) is 13.4. The van der Waals surface area contributed by atoms with E-state index in [2.05, 4.69) is 17.0 Å². The lowest BCUT2D eigenvalue weighted by Gasteiger charge is -2.37. The van der Waals surface area contributed by atoms with E-state index in [1.807, 2.05) is 36.6 Å². The lowest BCUT2D eigenvalue weighted by atomic mass is 10.2. The number of thioether (sulfide) groups is 1. The van der Waals surface area contributed by atoms with E-state index >= 15 is 0 Å². The van der Waals surface area contributed by atoms with Crippen molar-refractivity contribution < 1.29 is 13.2 Å². The molecule has 3 rings (SSSR count). The van der Waals surface area contributed by atoms with Crippen LogP contribution in [0.25, 0.3) is 0 Å². The van der Waals surface area contributed by atoms with Gasteiger partial charge < -0.3 is 9.80 Å². The number of piperazine rings is 1. The Morgan fingerprint density at radius 3 is 2.32 bits per heavy atom. The molecule has 0 spiro atoms. The molecule has 1 aliphatic heterocycles. The third-order valence-electron chi connectivity index (χ3n) is 4.77. The minimum Gasteiger partial charge on any atom is -0.368 e. The van der Waals surface area contributed by atoms with Crippen LogP contribution in [0.1, 0.15) is 0 Å². The van der Waals surface area contributed by atoms with Gasteiger partial charge in [-0.25, -0.2) is 8.42 Å². The van der Waals surface area contributed by atoms with Gasteiger partial charge in [-0.1, -0.05) is 24.3 Å². The Morgan fingerprint density at radius 1 is 1.04 bits per heavy atom. The van der Waals surface area contributed by atoms with Crippen LogP contribution in [0.3, 0.4) is 0 Å². The van der Waals surface area contributed by atoms with Crippen LogP contribution in [0.4, 0.5) is 11.4 Å². The third kappa shape index (κ3) is 4.99. The van der Waals surface area contributed by atoms with E-state index in [1.54, 1.807) is 17.0 Å². The summed E-state index contributed by atoms with van der Waals surface area (Å²) >= 11 is 1.53. The Morgan fingerprint density at radius 2 is 1.71 bits per heavy atom. The first-order valence-corrected chi connectivity index (χ1v) is 12.2. The van der Waals surface area contributed by atoms with Crippen LogP contribution in [-0.2, 0) is 14.8 Å². The summed E-state index contributed by atoms with van der Waals surface area (Å²) in [6.45, 7) is 2.45. The highest BCUT2D eigenvalue weighted by Crippen LogP contribution is 2.24. The standard InChI is InChI=1S/C20H25N3O3S2/c1-27-19-10-6-9-18(15-19)23(28(2,25)26)16-20(24)22-13-11-21(12-14-22)17-7-4-3-5-8-17/h3-10,15H,11-14,16H2,1-2H3. The highest BCUT2D eigenvalue weighted by Gasteiger charge is 2.26. The Hall–Kier alpha value is -2.19. The second-order valence-corrected chi connectivity index (χ2v) is 9.46. The number of hydrogen-bond acceptors (Lipinski definition) is 5. The number of benzene rings is 2. The highest BCUT2D eigenvalue weighted by atomic mass is 32.2. The van der Waals surface area contributed by atoms with Crippen molar-refractivity contribution >= 4 is 39.1 Å². The SMILES string of the molecule is CSc1cccc(N(CC(=O)N2CCN(c3ccccc3)CC2)S(C)(=O)=O)c1. The van der Waals surface area contributed by atoms with Gasteiger partial charge in [-0.05, 0) is 36.6 Å². The average molecular weight is 420 g/mol. The number of rotatable bonds is 6. The van der Waals surface area contributed by atoms with Gasteiger partial charge in [-0.2, -0.15) is 0 Å². The maximum Gasteiger partial charge on any atom is 0.243 e. The number of amides is 1. The van der Waals surface area contributed by atoms with Crippen LogP contribution in [0.5, 0.6) is 0 Å². The van der Waals surface area contributed by atoms with E-state index < -0.39 is 10.0 Å². The van der Waals surface area contributed by atoms with E-state index in [0.717, 1.165) is 29.9 Å². The predicted molar refractivity (Wildman–Crippen MR) is 116 cm³/mol. The molecule has 2 aromatic carbocycles. The zero-order valence-corrected chi connectivity index (χ0v) is 17.7. The second kappa shape index (κ2) is 8.87. The van der Waals surface area contributed by atoms with Gasteiger partial charge in [0.15, 0.2) is 0 Å². The lowest BCUT2D eigenvalue weighted by Crippen LogP contribution is -2.52. The van der Waals surface area contributed by atoms with Crippen molar-refractivity contribution in [1.29, 1.82) is 0 Å². The lowest BCUT2D eigenvalue weighted by molar-refractivity contribution is -0.129. The smallest absolute Gasteiger partial charge is 0.243 e. The molecule has 8 heteroatoms. The number of hydrogen-bond donors (Lipinski definition) is 0. The molecule has 0 bridgehead atoms. The number of sulfonamides is 1. The van der Waals surface area contributed by atoms with Crippen molar-refractivity contribution in [3.05, 3.63) is 54.6 Å². The minimum absolute atomic E-state index is 0.173. The van der Waals surface area contributed by atoms with Crippen molar-refractivity contribution in [2.24, 2.45) is 0 Å². The highest BCUT2D eigenvalue weighted by molar-refractivity contribution is 7.98. The van der Waals surface area contributed by atoms with Crippen molar-refractivity contribution in [3.63, 3.8) is 0 Å². The Balaban J connectivity index is 1.68. The van der Waals surface area contributed by atoms with Crippen molar-refractivity contribution in [2.45, 2.75) is 4.90 Å². The summed E-state index contributed by atoms with van der Waals surface area (Å²) in [4.78, 5) is 17.8. The summed E-state index contributed by atoms with van der Waals surface area (Å²) in [5.74, 6) is -0.173. The molecule has 0 aliphatic carbocycles. The number of anilines is 2. The summed E-state index contributed by atoms with van der Waals surface area (Å²) in [6.07, 6.45) is 3.07. The third-order valence-corrected chi connectivity index (χ3v) is 6.64. The van der Waals surface area contributed by atoms with Gasteiger partial charge in [-0.15, -0.1) is 11.8 Å². The molecule has 6 nitrogen and oxygen atoms in total. The van der Waals surface area contributed by atoms with Crippen molar-refractivity contribution in [2.75, 3.05) is 54.4 Å². The fraction of sp³-hybridized carbons (Fsp3) is 0.350. The summed E-state index contributed by atoms with van der Waals surface area (Å²) in [7, 11) is -3.56. The molecule has 0 N–H and O–H groups in total. The first kappa shape index (κ1) is 20.5. The monoisotopic (exact) mass is 419 g/mol. The van der Waals surface area contributed by atoms with Crippen LogP contribution in [0, 0.1) is 0 Å². The number of carbonyl (C=O) groups excluding carboxylic acids is 1. The molecule has 28 heavy (non-hydrogen) atoms. The van der Waals surface area contributed by atoms with Gasteiger partial charge in [-0.3, -0.25) is 9.10 Å². The normalized spacial score (nSPS) is 14.8. The molecule has 150 valence electrons. The van der Waals surface area contributed by atoms with Gasteiger partial charge in [0.25, 0.3) is 0 Å². The largest absolute Gasteiger partial charge is 0.368 e. The summed E-state index contributed by atoms with van der Waals surface area (Å²) < 4.78 is 25.8. The van der Waals surface area contributed by atoms with Crippen LogP contribution in [0.2, 0.25) is 0 Å². The maximum absolute atomic E-state index is 12.8. The van der Waals surface area contributed by atoms with Crippen molar-refractivity contribution in [3.8, 4) is 0 Å². The molecule has 2 aromatic rings. The molecule has 0 radical (unpaired) electrons. The molecule has 1 amide bonds. The van der Waals surface area contributed by atoms with Gasteiger partial charge in [0.05, 0.1) is 11.9 Å². The van der Waals surface area contributed by atoms with E-state index in [4.69, 9.17) is 0 Å². The maximum atomic E-state index is 12.8. The molecule has 0 atom stereocenters. The molecule has 0 saturated carbocycles. The quantitative estimate of drug-likeness (QED) is 0.674. The first-order valence-electron chi connectivity index (χ1n) is 9.08. The van der Waals surface area contributed by atoms with Crippen LogP contribution in [0.15, 0.2) is 59.5 Å². The van der Waals surface area contributed by atoms with Gasteiger partial charge >= 0.3 is 0 Å². The number of para-hydroxylation sites is 1. The van der Waals surface area contributed by atoms with Gasteiger partial charge in [0.1, 0.15) is 6.54 Å². The fourth-order valence-electron chi connectivity index (χ4n) is 3.24. The second-order valence-electron chi connectivity index (χ2n) is 6.67. The topological polar surface area (TPSA) is 60.9 Å². The molecular formula is C20H25N3O3S2. The predicted octanol–water partition coefficient (Wildman–Crippen LogP) is 2.52. The van der Waals surface area contributed by atoms with E-state index in [0.29, 0.717) is 18.8 Å². The molecule has 0 aromatic heterocycles. The molecule has 1 heterocycles. The molecular weight excluding hydrogens is 394 g/mol. The van der Waals surface area contributed by atoms with Gasteiger partial charge in [0, 0.05) is 36.8 Å². The summed E-state index contributed by atoms with van der Waals surface area (Å²) in [6, 6.07) is 17.3.